The highest BCUT2D eigenvalue weighted by atomic mass is 16.1. The maximum atomic E-state index is 12.6. The monoisotopic (exact) mass is 487 g/mol. The average molecular weight is 488 g/mol. The van der Waals surface area contributed by atoms with Gasteiger partial charge in [-0.15, -0.1) is 10.2 Å². The Morgan fingerprint density at radius 2 is 1.75 bits per heavy atom. The van der Waals surface area contributed by atoms with Gasteiger partial charge in [0.1, 0.15) is 5.82 Å². The molecule has 0 radical (unpaired) electrons. The van der Waals surface area contributed by atoms with E-state index in [1.165, 1.54) is 0 Å². The van der Waals surface area contributed by atoms with E-state index in [2.05, 4.69) is 20.8 Å². The normalized spacial score (nSPS) is 11.3. The Hall–Kier alpha value is -3.85. The Morgan fingerprint density at radius 1 is 0.944 bits per heavy atom. The Balaban J connectivity index is 1.39. The van der Waals surface area contributed by atoms with Gasteiger partial charge in [-0.1, -0.05) is 36.8 Å². The minimum Gasteiger partial charge on any atom is -0.367 e. The second-order valence-corrected chi connectivity index (χ2v) is 9.16. The van der Waals surface area contributed by atoms with Crippen molar-refractivity contribution in [3.63, 3.8) is 0 Å². The van der Waals surface area contributed by atoms with Crippen molar-refractivity contribution in [3.05, 3.63) is 65.5 Å². The number of anilines is 1. The number of likely N-dealkylation sites (N-methyl/N-ethyl adjacent to an activating group) is 1. The average Bonchev–Trinajstić information content (AvgIpc) is 3.27. The van der Waals surface area contributed by atoms with Crippen LogP contribution in [0.5, 0.6) is 0 Å². The molecule has 0 saturated carbocycles. The van der Waals surface area contributed by atoms with Gasteiger partial charge in [-0.05, 0) is 52.1 Å². The smallest absolute Gasteiger partial charge is 0.251 e. The van der Waals surface area contributed by atoms with Crippen molar-refractivity contribution in [2.75, 3.05) is 39.0 Å². The van der Waals surface area contributed by atoms with Crippen LogP contribution in [0.2, 0.25) is 0 Å². The summed E-state index contributed by atoms with van der Waals surface area (Å²) in [5.41, 5.74) is 3.52. The molecule has 4 rings (SSSR count). The van der Waals surface area contributed by atoms with Gasteiger partial charge >= 0.3 is 0 Å². The third kappa shape index (κ3) is 6.04. The molecule has 1 amide bonds. The number of hydrogen-bond donors (Lipinski definition) is 2. The number of aryl methyl sites for hydroxylation is 1. The Morgan fingerprint density at radius 3 is 2.53 bits per heavy atom. The first-order chi connectivity index (χ1) is 17.4. The summed E-state index contributed by atoms with van der Waals surface area (Å²) in [6.07, 6.45) is 3.25. The summed E-state index contributed by atoms with van der Waals surface area (Å²) >= 11 is 0. The maximum Gasteiger partial charge on any atom is 0.251 e. The lowest BCUT2D eigenvalue weighted by atomic mass is 10.0. The van der Waals surface area contributed by atoms with Crippen LogP contribution in [0.25, 0.3) is 16.7 Å². The molecule has 2 N–H and O–H groups in total. The van der Waals surface area contributed by atoms with Crippen molar-refractivity contribution in [3.8, 4) is 0 Å². The molecule has 0 fully saturated rings. The van der Waals surface area contributed by atoms with Gasteiger partial charge in [0.05, 0.1) is 11.0 Å². The zero-order chi connectivity index (χ0) is 25.5. The van der Waals surface area contributed by atoms with Gasteiger partial charge in [0, 0.05) is 37.2 Å². The van der Waals surface area contributed by atoms with Crippen LogP contribution in [0, 0.1) is 6.92 Å². The molecule has 0 unspecified atom stereocenters. The number of benzene rings is 2. The highest BCUT2D eigenvalue weighted by Crippen LogP contribution is 2.23. The van der Waals surface area contributed by atoms with Crippen molar-refractivity contribution in [1.29, 1.82) is 0 Å². The molecular weight excluding hydrogens is 454 g/mol. The number of amides is 1. The number of unbranched alkanes of at least 4 members (excludes halogenated alkanes) is 2. The molecular formula is C27H33N7O2. The summed E-state index contributed by atoms with van der Waals surface area (Å²) in [5.74, 6) is 1.45. The largest absolute Gasteiger partial charge is 0.367 e. The van der Waals surface area contributed by atoms with Gasteiger partial charge in [0.15, 0.2) is 11.6 Å². The summed E-state index contributed by atoms with van der Waals surface area (Å²) in [4.78, 5) is 31.7. The van der Waals surface area contributed by atoms with E-state index in [0.29, 0.717) is 36.5 Å². The van der Waals surface area contributed by atoms with E-state index in [-0.39, 0.29) is 11.7 Å². The number of fused-ring (bicyclic) bond motifs is 3. The van der Waals surface area contributed by atoms with Crippen LogP contribution in [0.15, 0.2) is 48.5 Å². The Labute approximate surface area is 210 Å². The summed E-state index contributed by atoms with van der Waals surface area (Å²) in [6, 6.07) is 14.9. The van der Waals surface area contributed by atoms with Crippen molar-refractivity contribution in [2.24, 2.45) is 0 Å². The number of aromatic nitrogens is 4. The molecule has 2 aromatic heterocycles. The Kier molecular flexibility index (Phi) is 8.22. The predicted molar refractivity (Wildman–Crippen MR) is 142 cm³/mol. The molecule has 0 spiro atoms. The molecule has 0 saturated heterocycles. The van der Waals surface area contributed by atoms with E-state index < -0.39 is 0 Å². The van der Waals surface area contributed by atoms with E-state index in [9.17, 15) is 9.59 Å². The third-order valence-electron chi connectivity index (χ3n) is 6.06. The molecule has 36 heavy (non-hydrogen) atoms. The van der Waals surface area contributed by atoms with E-state index in [0.717, 1.165) is 48.2 Å². The summed E-state index contributed by atoms with van der Waals surface area (Å²) in [5, 5.41) is 14.9. The predicted octanol–water partition coefficient (Wildman–Crippen LogP) is 3.73. The molecule has 0 atom stereocenters. The quantitative estimate of drug-likeness (QED) is 0.232. The Bertz CT molecular complexity index is 1350. The van der Waals surface area contributed by atoms with Crippen molar-refractivity contribution in [2.45, 2.75) is 32.6 Å². The number of carbonyl (C=O) groups excluding carboxylic acids is 2. The van der Waals surface area contributed by atoms with E-state index in [1.54, 1.807) is 6.07 Å². The number of nitrogens with one attached hydrogen (secondary N) is 2. The molecule has 0 aliphatic rings. The summed E-state index contributed by atoms with van der Waals surface area (Å²) in [6.45, 7) is 3.95. The first kappa shape index (κ1) is 25.2. The molecule has 2 aromatic carbocycles. The van der Waals surface area contributed by atoms with Crippen LogP contribution in [0.3, 0.4) is 0 Å². The molecule has 0 aliphatic heterocycles. The van der Waals surface area contributed by atoms with E-state index in [4.69, 9.17) is 4.98 Å². The molecule has 9 nitrogen and oxygen atoms in total. The van der Waals surface area contributed by atoms with Crippen LogP contribution < -0.4 is 10.6 Å². The fraction of sp³-hybridized carbons (Fsp3) is 0.370. The topological polar surface area (TPSA) is 105 Å². The number of Topliss-reactive ketones (excluding diaryl/α,β-unsaturated/α-hetero) is 1. The maximum absolute atomic E-state index is 12.6. The second-order valence-electron chi connectivity index (χ2n) is 9.16. The molecule has 188 valence electrons. The molecule has 2 heterocycles. The van der Waals surface area contributed by atoms with E-state index >= 15 is 0 Å². The van der Waals surface area contributed by atoms with Crippen molar-refractivity contribution >= 4 is 34.2 Å². The number of hydrogen-bond acceptors (Lipinski definition) is 7. The highest BCUT2D eigenvalue weighted by molar-refractivity contribution is 5.98. The zero-order valence-corrected chi connectivity index (χ0v) is 21.1. The lowest BCUT2D eigenvalue weighted by Gasteiger charge is -2.12. The van der Waals surface area contributed by atoms with Crippen LogP contribution >= 0.6 is 0 Å². The molecule has 9 heteroatoms. The third-order valence-corrected chi connectivity index (χ3v) is 6.06. The second kappa shape index (κ2) is 11.7. The highest BCUT2D eigenvalue weighted by Gasteiger charge is 2.15. The summed E-state index contributed by atoms with van der Waals surface area (Å²) in [7, 11) is 3.94. The van der Waals surface area contributed by atoms with E-state index in [1.807, 2.05) is 72.8 Å². The fourth-order valence-electron chi connectivity index (χ4n) is 4.09. The fourth-order valence-corrected chi connectivity index (χ4v) is 4.09. The number of ketones is 1. The molecule has 4 aromatic rings. The minimum absolute atomic E-state index is 0.120. The van der Waals surface area contributed by atoms with Crippen LogP contribution in [-0.2, 0) is 0 Å². The molecule has 0 aliphatic carbocycles. The standard InChI is InChI=1S/C27H33N7O2/c1-19-31-32-26-25(28-15-9-5-8-12-24(35)20-10-6-4-7-11-20)30-22-14-13-21(18-23(22)34(19)26)27(36)29-16-17-33(2)3/h4,6-7,10-11,13-14,18H,5,8-9,12,15-17H2,1-3H3,(H,28,30)(H,29,36). The molecule has 0 bridgehead atoms. The van der Waals surface area contributed by atoms with Gasteiger partial charge in [-0.3, -0.25) is 14.0 Å². The number of carbonyl (C=O) groups is 2. The zero-order valence-electron chi connectivity index (χ0n) is 21.1. The van der Waals surface area contributed by atoms with Gasteiger partial charge < -0.3 is 15.5 Å². The first-order valence-corrected chi connectivity index (χ1v) is 12.3. The van der Waals surface area contributed by atoms with Crippen LogP contribution in [-0.4, -0.2) is 69.9 Å². The van der Waals surface area contributed by atoms with Gasteiger partial charge in [-0.25, -0.2) is 4.98 Å². The summed E-state index contributed by atoms with van der Waals surface area (Å²) < 4.78 is 1.93. The lowest BCUT2D eigenvalue weighted by Crippen LogP contribution is -2.31. The van der Waals surface area contributed by atoms with Gasteiger partial charge in [0.25, 0.3) is 5.91 Å². The van der Waals surface area contributed by atoms with Crippen LogP contribution in [0.1, 0.15) is 52.2 Å². The van der Waals surface area contributed by atoms with Gasteiger partial charge in [-0.2, -0.15) is 0 Å². The van der Waals surface area contributed by atoms with Gasteiger partial charge in [0.2, 0.25) is 5.65 Å². The van der Waals surface area contributed by atoms with Crippen molar-refractivity contribution < 1.29 is 9.59 Å². The SMILES string of the molecule is Cc1nnc2c(NCCCCCC(=O)c3ccccc3)nc3ccc(C(=O)NCCN(C)C)cc3n12. The number of nitrogens with zero attached hydrogens (tertiary/aromatic N) is 5. The van der Waals surface area contributed by atoms with Crippen LogP contribution in [0.4, 0.5) is 5.82 Å². The van der Waals surface area contributed by atoms with Crippen molar-refractivity contribution in [1.82, 2.24) is 29.8 Å². The minimum atomic E-state index is -0.120. The number of rotatable bonds is 12. The first-order valence-electron chi connectivity index (χ1n) is 12.3. The lowest BCUT2D eigenvalue weighted by molar-refractivity contribution is 0.0949.